The number of hydrogen-bond donors (Lipinski definition) is 2. The van der Waals surface area contributed by atoms with Crippen LogP contribution in [0.2, 0.25) is 0 Å². The van der Waals surface area contributed by atoms with Gasteiger partial charge in [0.25, 0.3) is 0 Å². The van der Waals surface area contributed by atoms with Gasteiger partial charge in [-0.1, -0.05) is 12.1 Å². The van der Waals surface area contributed by atoms with E-state index in [4.69, 9.17) is 14.5 Å². The normalized spacial score (nSPS) is 15.9. The van der Waals surface area contributed by atoms with Crippen molar-refractivity contribution in [2.45, 2.75) is 38.1 Å². The minimum atomic E-state index is 0. The van der Waals surface area contributed by atoms with E-state index in [-0.39, 0.29) is 29.4 Å². The molecule has 0 atom stereocenters. The molecule has 1 fully saturated rings. The third-order valence-electron chi connectivity index (χ3n) is 5.45. The summed E-state index contributed by atoms with van der Waals surface area (Å²) in [7, 11) is 1.70. The van der Waals surface area contributed by atoms with Crippen molar-refractivity contribution in [2.75, 3.05) is 40.0 Å². The second kappa shape index (κ2) is 12.8. The molecule has 1 aromatic heterocycles. The van der Waals surface area contributed by atoms with Gasteiger partial charge in [-0.15, -0.1) is 24.0 Å². The maximum absolute atomic E-state index is 5.65. The number of methoxy groups -OCH3 is 1. The number of nitrogens with one attached hydrogen (secondary N) is 2. The summed E-state index contributed by atoms with van der Waals surface area (Å²) in [6, 6.07) is 10.4. The van der Waals surface area contributed by atoms with E-state index in [1.54, 1.807) is 7.11 Å². The molecule has 0 amide bonds. The molecule has 2 aromatic rings. The Morgan fingerprint density at radius 3 is 2.63 bits per heavy atom. The van der Waals surface area contributed by atoms with Gasteiger partial charge in [0.1, 0.15) is 5.75 Å². The van der Waals surface area contributed by atoms with E-state index >= 15 is 0 Å². The molecule has 2 heterocycles. The van der Waals surface area contributed by atoms with Crippen molar-refractivity contribution in [3.05, 3.63) is 48.3 Å². The summed E-state index contributed by atoms with van der Waals surface area (Å²) in [5, 5.41) is 11.1. The summed E-state index contributed by atoms with van der Waals surface area (Å²) in [4.78, 5) is 4.95. The lowest BCUT2D eigenvalue weighted by Gasteiger charge is -2.36. The van der Waals surface area contributed by atoms with Crippen LogP contribution in [0.25, 0.3) is 0 Å². The van der Waals surface area contributed by atoms with Crippen LogP contribution in [-0.4, -0.2) is 55.7 Å². The summed E-state index contributed by atoms with van der Waals surface area (Å²) < 4.78 is 12.9. The topological polar surface area (TPSA) is 72.7 Å². The van der Waals surface area contributed by atoms with Gasteiger partial charge in [-0.25, -0.2) is 0 Å². The van der Waals surface area contributed by atoms with Crippen molar-refractivity contribution < 1.29 is 9.47 Å². The average Bonchev–Trinajstić information content (AvgIpc) is 3.29. The van der Waals surface area contributed by atoms with Crippen LogP contribution >= 0.6 is 24.0 Å². The van der Waals surface area contributed by atoms with Gasteiger partial charge in [0.15, 0.2) is 5.96 Å². The van der Waals surface area contributed by atoms with Crippen molar-refractivity contribution in [3.8, 4) is 5.75 Å². The summed E-state index contributed by atoms with van der Waals surface area (Å²) >= 11 is 0. The molecule has 0 aliphatic carbocycles. The van der Waals surface area contributed by atoms with Crippen molar-refractivity contribution >= 4 is 29.9 Å². The molecule has 0 saturated carbocycles. The highest BCUT2D eigenvalue weighted by Crippen LogP contribution is 2.36. The molecule has 1 aromatic carbocycles. The van der Waals surface area contributed by atoms with Crippen LogP contribution < -0.4 is 15.4 Å². The number of rotatable bonds is 9. The van der Waals surface area contributed by atoms with E-state index in [1.807, 2.05) is 35.3 Å². The number of aliphatic imine (C=N–C) groups is 1. The van der Waals surface area contributed by atoms with Gasteiger partial charge in [0, 0.05) is 50.7 Å². The molecule has 3 rings (SSSR count). The number of aryl methyl sites for hydroxylation is 1. The fourth-order valence-corrected chi connectivity index (χ4v) is 3.70. The van der Waals surface area contributed by atoms with E-state index < -0.39 is 0 Å². The molecule has 7 nitrogen and oxygen atoms in total. The maximum atomic E-state index is 5.65. The number of guanidine groups is 1. The monoisotopic (exact) mass is 527 g/mol. The van der Waals surface area contributed by atoms with Crippen LogP contribution in [0.4, 0.5) is 0 Å². The lowest BCUT2D eigenvalue weighted by Crippen LogP contribution is -2.41. The maximum Gasteiger partial charge on any atom is 0.191 e. The molecule has 8 heteroatoms. The van der Waals surface area contributed by atoms with Crippen molar-refractivity contribution in [1.29, 1.82) is 0 Å². The number of benzene rings is 1. The summed E-state index contributed by atoms with van der Waals surface area (Å²) in [5.41, 5.74) is 1.31. The Labute approximate surface area is 196 Å². The predicted molar refractivity (Wildman–Crippen MR) is 131 cm³/mol. The average molecular weight is 527 g/mol. The largest absolute Gasteiger partial charge is 0.497 e. The molecule has 0 unspecified atom stereocenters. The van der Waals surface area contributed by atoms with Gasteiger partial charge in [-0.05, 0) is 49.9 Å². The Kier molecular flexibility index (Phi) is 10.4. The summed E-state index contributed by atoms with van der Waals surface area (Å²) in [6.45, 7) is 6.96. The first-order chi connectivity index (χ1) is 14.3. The molecule has 1 aliphatic heterocycles. The highest BCUT2D eigenvalue weighted by molar-refractivity contribution is 14.0. The van der Waals surface area contributed by atoms with E-state index in [2.05, 4.69) is 34.8 Å². The molecular formula is C22H34IN5O2. The fourth-order valence-electron chi connectivity index (χ4n) is 3.70. The highest BCUT2D eigenvalue weighted by atomic mass is 127. The molecule has 0 bridgehead atoms. The van der Waals surface area contributed by atoms with Gasteiger partial charge in [-0.2, -0.15) is 5.10 Å². The van der Waals surface area contributed by atoms with Crippen LogP contribution in [-0.2, 0) is 16.7 Å². The lowest BCUT2D eigenvalue weighted by molar-refractivity contribution is 0.0531. The Morgan fingerprint density at radius 1 is 1.23 bits per heavy atom. The van der Waals surface area contributed by atoms with Crippen LogP contribution in [0.5, 0.6) is 5.75 Å². The van der Waals surface area contributed by atoms with Gasteiger partial charge in [0.2, 0.25) is 0 Å². The Morgan fingerprint density at radius 2 is 2.00 bits per heavy atom. The highest BCUT2D eigenvalue weighted by Gasteiger charge is 2.34. The molecule has 1 aliphatic rings. The van der Waals surface area contributed by atoms with Gasteiger partial charge < -0.3 is 20.1 Å². The second-order valence-corrected chi connectivity index (χ2v) is 7.37. The first-order valence-corrected chi connectivity index (χ1v) is 10.5. The molecular weight excluding hydrogens is 493 g/mol. The minimum absolute atomic E-state index is 0. The quantitative estimate of drug-likeness (QED) is 0.227. The SMILES string of the molecule is CCNC(=NCC1(c2ccc(OC)cc2)CCOCC1)NCCCn1cccn1.I. The van der Waals surface area contributed by atoms with Crippen LogP contribution in [0.15, 0.2) is 47.7 Å². The van der Waals surface area contributed by atoms with Crippen LogP contribution in [0.3, 0.4) is 0 Å². The second-order valence-electron chi connectivity index (χ2n) is 7.37. The third kappa shape index (κ3) is 6.87. The van der Waals surface area contributed by atoms with Crippen LogP contribution in [0, 0.1) is 0 Å². The Balaban J connectivity index is 0.00000320. The molecule has 166 valence electrons. The molecule has 2 N–H and O–H groups in total. The zero-order valence-corrected chi connectivity index (χ0v) is 20.3. The zero-order chi connectivity index (χ0) is 20.4. The predicted octanol–water partition coefficient (Wildman–Crippen LogP) is 3.20. The van der Waals surface area contributed by atoms with Crippen molar-refractivity contribution in [1.82, 2.24) is 20.4 Å². The number of nitrogens with zero attached hydrogens (tertiary/aromatic N) is 3. The van der Waals surface area contributed by atoms with E-state index in [0.717, 1.165) is 70.4 Å². The fraction of sp³-hybridized carbons (Fsp3) is 0.545. The van der Waals surface area contributed by atoms with Gasteiger partial charge >= 0.3 is 0 Å². The standard InChI is InChI=1S/C22H33N5O2.HI/c1-3-23-21(24-12-4-14-27-15-5-13-26-27)25-18-22(10-16-29-17-11-22)19-6-8-20(28-2)9-7-19;/h5-9,13,15H,3-4,10-12,14,16-18H2,1-2H3,(H2,23,24,25);1H. The van der Waals surface area contributed by atoms with Gasteiger partial charge in [0.05, 0.1) is 13.7 Å². The van der Waals surface area contributed by atoms with Gasteiger partial charge in [-0.3, -0.25) is 9.67 Å². The first kappa shape index (κ1) is 24.5. The number of hydrogen-bond acceptors (Lipinski definition) is 4. The first-order valence-electron chi connectivity index (χ1n) is 10.5. The lowest BCUT2D eigenvalue weighted by atomic mass is 9.74. The van der Waals surface area contributed by atoms with Crippen molar-refractivity contribution in [2.24, 2.45) is 4.99 Å². The van der Waals surface area contributed by atoms with Crippen LogP contribution in [0.1, 0.15) is 31.7 Å². The Hall–Kier alpha value is -1.81. The third-order valence-corrected chi connectivity index (χ3v) is 5.45. The number of aromatic nitrogens is 2. The molecule has 1 saturated heterocycles. The Bertz CT molecular complexity index is 743. The smallest absolute Gasteiger partial charge is 0.191 e. The van der Waals surface area contributed by atoms with E-state index in [1.165, 1.54) is 5.56 Å². The van der Waals surface area contributed by atoms with E-state index in [9.17, 15) is 0 Å². The number of halogens is 1. The molecule has 0 spiro atoms. The minimum Gasteiger partial charge on any atom is -0.497 e. The molecule has 0 radical (unpaired) electrons. The number of ether oxygens (including phenoxy) is 2. The summed E-state index contributed by atoms with van der Waals surface area (Å²) in [5.74, 6) is 1.75. The molecule has 30 heavy (non-hydrogen) atoms. The van der Waals surface area contributed by atoms with E-state index in [0.29, 0.717) is 0 Å². The zero-order valence-electron chi connectivity index (χ0n) is 18.0. The van der Waals surface area contributed by atoms with Crippen molar-refractivity contribution in [3.63, 3.8) is 0 Å². The summed E-state index contributed by atoms with van der Waals surface area (Å²) in [6.07, 6.45) is 6.74.